The Morgan fingerprint density at radius 3 is 2.50 bits per heavy atom. The van der Waals surface area contributed by atoms with E-state index in [9.17, 15) is 18.7 Å². The number of carbonyl (C=O) groups is 1. The van der Waals surface area contributed by atoms with Crippen molar-refractivity contribution in [2.45, 2.75) is 25.4 Å². The lowest BCUT2D eigenvalue weighted by Gasteiger charge is -2.46. The number of benzene rings is 1. The molecule has 1 fully saturated rings. The number of nitrogens with zero attached hydrogens (tertiary/aromatic N) is 1. The van der Waals surface area contributed by atoms with Crippen molar-refractivity contribution in [1.29, 1.82) is 0 Å². The average molecular weight is 284 g/mol. The van der Waals surface area contributed by atoms with Crippen molar-refractivity contribution in [2.75, 3.05) is 25.0 Å². The second-order valence-corrected chi connectivity index (χ2v) is 5.33. The maximum atomic E-state index is 13.0. The van der Waals surface area contributed by atoms with Gasteiger partial charge in [0.25, 0.3) is 0 Å². The molecule has 2 rings (SSSR count). The number of carbonyl (C=O) groups excluding carboxylic acids is 1. The Morgan fingerprint density at radius 2 is 1.95 bits per heavy atom. The van der Waals surface area contributed by atoms with Gasteiger partial charge >= 0.3 is 0 Å². The topological polar surface area (TPSA) is 52.6 Å². The molecule has 4 nitrogen and oxygen atoms in total. The molecule has 6 heteroatoms. The minimum Gasteiger partial charge on any atom is -0.387 e. The van der Waals surface area contributed by atoms with E-state index in [-0.39, 0.29) is 18.1 Å². The maximum Gasteiger partial charge on any atom is 0.238 e. The van der Waals surface area contributed by atoms with Gasteiger partial charge < -0.3 is 10.4 Å². The molecular formula is C14H18F2N2O2. The summed E-state index contributed by atoms with van der Waals surface area (Å²) < 4.78 is 25.9. The first-order valence-corrected chi connectivity index (χ1v) is 6.61. The largest absolute Gasteiger partial charge is 0.387 e. The summed E-state index contributed by atoms with van der Waals surface area (Å²) in [5.41, 5.74) is -0.600. The van der Waals surface area contributed by atoms with E-state index in [0.29, 0.717) is 19.5 Å². The zero-order valence-corrected chi connectivity index (χ0v) is 11.3. The lowest BCUT2D eigenvalue weighted by Crippen LogP contribution is -2.62. The van der Waals surface area contributed by atoms with Crippen LogP contribution in [0.25, 0.3) is 0 Å². The Kier molecular flexibility index (Phi) is 4.35. The van der Waals surface area contributed by atoms with Crippen LogP contribution in [-0.2, 0) is 4.79 Å². The number of anilines is 1. The number of hydrogen-bond acceptors (Lipinski definition) is 3. The third-order valence-corrected chi connectivity index (χ3v) is 3.26. The van der Waals surface area contributed by atoms with Gasteiger partial charge in [0.15, 0.2) is 0 Å². The SMILES string of the molecule is CCCC1(O)CN(CC(=O)Nc2cc(F)cc(F)c2)C1. The fourth-order valence-electron chi connectivity index (χ4n) is 2.55. The highest BCUT2D eigenvalue weighted by Gasteiger charge is 2.40. The number of amides is 1. The Bertz CT molecular complexity index is 482. The van der Waals surface area contributed by atoms with Gasteiger partial charge in [-0.2, -0.15) is 0 Å². The molecule has 1 aliphatic rings. The lowest BCUT2D eigenvalue weighted by atomic mass is 9.89. The van der Waals surface area contributed by atoms with Crippen LogP contribution in [0.5, 0.6) is 0 Å². The summed E-state index contributed by atoms with van der Waals surface area (Å²) in [5.74, 6) is -1.82. The molecule has 2 N–H and O–H groups in total. The van der Waals surface area contributed by atoms with Crippen LogP contribution in [0.15, 0.2) is 18.2 Å². The molecule has 1 heterocycles. The van der Waals surface area contributed by atoms with Gasteiger partial charge in [0.2, 0.25) is 5.91 Å². The molecule has 1 amide bonds. The van der Waals surface area contributed by atoms with Gasteiger partial charge in [0.05, 0.1) is 12.1 Å². The molecule has 0 unspecified atom stereocenters. The Balaban J connectivity index is 1.82. The van der Waals surface area contributed by atoms with E-state index >= 15 is 0 Å². The van der Waals surface area contributed by atoms with Gasteiger partial charge in [-0.3, -0.25) is 9.69 Å². The second kappa shape index (κ2) is 5.85. The fourth-order valence-corrected chi connectivity index (χ4v) is 2.55. The quantitative estimate of drug-likeness (QED) is 0.866. The molecule has 0 radical (unpaired) electrons. The van der Waals surface area contributed by atoms with Crippen molar-refractivity contribution in [3.8, 4) is 0 Å². The highest BCUT2D eigenvalue weighted by atomic mass is 19.1. The molecule has 0 bridgehead atoms. The van der Waals surface area contributed by atoms with Crippen LogP contribution < -0.4 is 5.32 Å². The van der Waals surface area contributed by atoms with Gasteiger partial charge in [0, 0.05) is 24.8 Å². The van der Waals surface area contributed by atoms with Crippen molar-refractivity contribution >= 4 is 11.6 Å². The van der Waals surface area contributed by atoms with E-state index in [4.69, 9.17) is 0 Å². The van der Waals surface area contributed by atoms with Gasteiger partial charge in [-0.1, -0.05) is 13.3 Å². The van der Waals surface area contributed by atoms with E-state index in [0.717, 1.165) is 24.6 Å². The van der Waals surface area contributed by atoms with Crippen LogP contribution in [0.4, 0.5) is 14.5 Å². The van der Waals surface area contributed by atoms with Crippen molar-refractivity contribution in [3.63, 3.8) is 0 Å². The van der Waals surface area contributed by atoms with Crippen molar-refractivity contribution in [2.24, 2.45) is 0 Å². The summed E-state index contributed by atoms with van der Waals surface area (Å²) in [6.07, 6.45) is 1.60. The molecule has 1 aromatic rings. The smallest absolute Gasteiger partial charge is 0.238 e. The number of β-amino-alcohol motifs (C(OH)–C–C–N with tert-alkyl or cyclic N) is 1. The van der Waals surface area contributed by atoms with E-state index < -0.39 is 17.2 Å². The molecule has 1 aliphatic heterocycles. The summed E-state index contributed by atoms with van der Waals surface area (Å²) >= 11 is 0. The summed E-state index contributed by atoms with van der Waals surface area (Å²) in [6.45, 7) is 2.99. The molecule has 0 aromatic heterocycles. The van der Waals surface area contributed by atoms with Crippen LogP contribution in [0, 0.1) is 11.6 Å². The van der Waals surface area contributed by atoms with Crippen molar-refractivity contribution < 1.29 is 18.7 Å². The predicted octanol–water partition coefficient (Wildman–Crippen LogP) is 1.75. The first-order valence-electron chi connectivity index (χ1n) is 6.61. The Labute approximate surface area is 116 Å². The third-order valence-electron chi connectivity index (χ3n) is 3.26. The number of hydrogen-bond donors (Lipinski definition) is 2. The van der Waals surface area contributed by atoms with E-state index in [2.05, 4.69) is 5.32 Å². The molecule has 1 aromatic carbocycles. The van der Waals surface area contributed by atoms with Crippen LogP contribution in [0.1, 0.15) is 19.8 Å². The maximum absolute atomic E-state index is 13.0. The first-order chi connectivity index (χ1) is 9.40. The van der Waals surface area contributed by atoms with E-state index in [1.54, 1.807) is 4.90 Å². The zero-order valence-electron chi connectivity index (χ0n) is 11.3. The predicted molar refractivity (Wildman–Crippen MR) is 71.3 cm³/mol. The van der Waals surface area contributed by atoms with Crippen molar-refractivity contribution in [1.82, 2.24) is 4.90 Å². The van der Waals surface area contributed by atoms with Crippen LogP contribution in [0.2, 0.25) is 0 Å². The van der Waals surface area contributed by atoms with Gasteiger partial charge in [0.1, 0.15) is 11.6 Å². The number of halogens is 2. The summed E-state index contributed by atoms with van der Waals surface area (Å²) in [7, 11) is 0. The Hall–Kier alpha value is -1.53. The molecule has 0 spiro atoms. The molecule has 20 heavy (non-hydrogen) atoms. The normalized spacial score (nSPS) is 17.6. The molecule has 1 saturated heterocycles. The molecule has 0 aliphatic carbocycles. The highest BCUT2D eigenvalue weighted by molar-refractivity contribution is 5.92. The summed E-state index contributed by atoms with van der Waals surface area (Å²) in [5, 5.41) is 12.4. The van der Waals surface area contributed by atoms with E-state index in [1.165, 1.54) is 0 Å². The molecule has 0 atom stereocenters. The Morgan fingerprint density at radius 1 is 1.35 bits per heavy atom. The number of nitrogens with one attached hydrogen (secondary N) is 1. The standard InChI is InChI=1S/C14H18F2N2O2/c1-2-3-14(20)8-18(9-14)7-13(19)17-12-5-10(15)4-11(16)6-12/h4-6,20H,2-3,7-9H2,1H3,(H,17,19). The molecule has 110 valence electrons. The number of likely N-dealkylation sites (tertiary alicyclic amines) is 1. The minimum atomic E-state index is -0.735. The third kappa shape index (κ3) is 3.74. The second-order valence-electron chi connectivity index (χ2n) is 5.33. The van der Waals surface area contributed by atoms with Crippen LogP contribution in [-0.4, -0.2) is 41.1 Å². The van der Waals surface area contributed by atoms with Gasteiger partial charge in [-0.05, 0) is 18.6 Å². The lowest BCUT2D eigenvalue weighted by molar-refractivity contribution is -0.129. The van der Waals surface area contributed by atoms with Crippen LogP contribution >= 0.6 is 0 Å². The van der Waals surface area contributed by atoms with Gasteiger partial charge in [-0.15, -0.1) is 0 Å². The summed E-state index contributed by atoms with van der Waals surface area (Å²) in [6, 6.07) is 2.87. The summed E-state index contributed by atoms with van der Waals surface area (Å²) in [4.78, 5) is 13.5. The number of aliphatic hydroxyl groups is 1. The highest BCUT2D eigenvalue weighted by Crippen LogP contribution is 2.25. The van der Waals surface area contributed by atoms with Crippen LogP contribution in [0.3, 0.4) is 0 Å². The molecule has 0 saturated carbocycles. The first kappa shape index (κ1) is 14.9. The van der Waals surface area contributed by atoms with E-state index in [1.807, 2.05) is 6.92 Å². The zero-order chi connectivity index (χ0) is 14.8. The van der Waals surface area contributed by atoms with Crippen molar-refractivity contribution in [3.05, 3.63) is 29.8 Å². The molecular weight excluding hydrogens is 266 g/mol. The average Bonchev–Trinajstić information content (AvgIpc) is 2.25. The number of rotatable bonds is 5. The van der Waals surface area contributed by atoms with Gasteiger partial charge in [-0.25, -0.2) is 8.78 Å². The fraction of sp³-hybridized carbons (Fsp3) is 0.500. The minimum absolute atomic E-state index is 0.0943. The monoisotopic (exact) mass is 284 g/mol.